The van der Waals surface area contributed by atoms with Crippen LogP contribution in [0.2, 0.25) is 0 Å². The molecule has 1 unspecified atom stereocenters. The number of hydrogen-bond donors (Lipinski definition) is 1. The molecule has 5 nitrogen and oxygen atoms in total. The average Bonchev–Trinajstić information content (AvgIpc) is 2.89. The Labute approximate surface area is 178 Å². The van der Waals surface area contributed by atoms with E-state index in [0.29, 0.717) is 13.1 Å². The number of aliphatic carboxylic acids is 1. The maximum Gasteiger partial charge on any atom is 0.303 e. The normalized spacial score (nSPS) is 21.8. The van der Waals surface area contributed by atoms with Crippen molar-refractivity contribution >= 4 is 11.9 Å². The third-order valence-electron chi connectivity index (χ3n) is 6.47. The Morgan fingerprint density at radius 2 is 1.67 bits per heavy atom. The van der Waals surface area contributed by atoms with Crippen molar-refractivity contribution in [3.63, 3.8) is 0 Å². The van der Waals surface area contributed by atoms with Crippen molar-refractivity contribution < 1.29 is 14.7 Å². The Bertz CT molecular complexity index is 898. The van der Waals surface area contributed by atoms with E-state index in [1.165, 1.54) is 16.7 Å². The molecule has 0 saturated carbocycles. The SMILES string of the molecule is O=C(O)CCC(=O)N1Cc2ccccc2CC2(CCCN(Cc3ccccc3)C2)C1. The van der Waals surface area contributed by atoms with Gasteiger partial charge in [-0.1, -0.05) is 54.6 Å². The summed E-state index contributed by atoms with van der Waals surface area (Å²) in [5.74, 6) is -0.964. The number of fused-ring (bicyclic) bond motifs is 1. The number of likely N-dealkylation sites (tertiary alicyclic amines) is 1. The molecule has 2 aliphatic heterocycles. The highest BCUT2D eigenvalue weighted by molar-refractivity contribution is 5.80. The molecule has 0 aliphatic carbocycles. The van der Waals surface area contributed by atoms with Crippen LogP contribution in [0.4, 0.5) is 0 Å². The number of carboxylic acids is 1. The molecule has 0 aromatic heterocycles. The summed E-state index contributed by atoms with van der Waals surface area (Å²) in [6.45, 7) is 4.24. The molecule has 1 amide bonds. The minimum Gasteiger partial charge on any atom is -0.481 e. The summed E-state index contributed by atoms with van der Waals surface area (Å²) >= 11 is 0. The van der Waals surface area contributed by atoms with Crippen molar-refractivity contribution in [2.75, 3.05) is 19.6 Å². The van der Waals surface area contributed by atoms with Gasteiger partial charge in [-0.2, -0.15) is 0 Å². The maximum absolute atomic E-state index is 12.9. The number of benzene rings is 2. The van der Waals surface area contributed by atoms with Crippen LogP contribution in [0.3, 0.4) is 0 Å². The quantitative estimate of drug-likeness (QED) is 0.822. The fourth-order valence-electron chi connectivity index (χ4n) is 5.12. The summed E-state index contributed by atoms with van der Waals surface area (Å²) in [4.78, 5) is 28.3. The van der Waals surface area contributed by atoms with Gasteiger partial charge in [-0.3, -0.25) is 14.5 Å². The lowest BCUT2D eigenvalue weighted by atomic mass is 9.74. The van der Waals surface area contributed by atoms with Crippen molar-refractivity contribution in [2.45, 2.75) is 45.2 Å². The van der Waals surface area contributed by atoms with Gasteiger partial charge in [0.25, 0.3) is 0 Å². The van der Waals surface area contributed by atoms with Crippen LogP contribution in [0.1, 0.15) is 42.4 Å². The minimum atomic E-state index is -0.917. The van der Waals surface area contributed by atoms with Crippen LogP contribution in [0.5, 0.6) is 0 Å². The molecule has 1 saturated heterocycles. The monoisotopic (exact) mass is 406 g/mol. The smallest absolute Gasteiger partial charge is 0.303 e. The van der Waals surface area contributed by atoms with Gasteiger partial charge < -0.3 is 10.0 Å². The summed E-state index contributed by atoms with van der Waals surface area (Å²) in [5.41, 5.74) is 3.85. The summed E-state index contributed by atoms with van der Waals surface area (Å²) < 4.78 is 0. The molecular formula is C25H30N2O3. The summed E-state index contributed by atoms with van der Waals surface area (Å²) in [6.07, 6.45) is 3.14. The fourth-order valence-corrected chi connectivity index (χ4v) is 5.12. The van der Waals surface area contributed by atoms with Crippen molar-refractivity contribution in [2.24, 2.45) is 5.41 Å². The highest BCUT2D eigenvalue weighted by atomic mass is 16.4. The van der Waals surface area contributed by atoms with E-state index in [2.05, 4.69) is 47.4 Å². The second-order valence-electron chi connectivity index (χ2n) is 8.89. The molecule has 2 aromatic carbocycles. The van der Waals surface area contributed by atoms with Gasteiger partial charge in [-0.15, -0.1) is 0 Å². The molecule has 1 fully saturated rings. The lowest BCUT2D eigenvalue weighted by Gasteiger charge is -2.44. The zero-order valence-electron chi connectivity index (χ0n) is 17.4. The van der Waals surface area contributed by atoms with Gasteiger partial charge in [0.15, 0.2) is 0 Å². The minimum absolute atomic E-state index is 0.0124. The first-order valence-corrected chi connectivity index (χ1v) is 10.9. The van der Waals surface area contributed by atoms with Crippen molar-refractivity contribution in [3.05, 3.63) is 71.3 Å². The van der Waals surface area contributed by atoms with Gasteiger partial charge in [0.1, 0.15) is 0 Å². The average molecular weight is 407 g/mol. The highest BCUT2D eigenvalue weighted by Crippen LogP contribution is 2.39. The van der Waals surface area contributed by atoms with Gasteiger partial charge in [0.2, 0.25) is 5.91 Å². The van der Waals surface area contributed by atoms with E-state index in [0.717, 1.165) is 38.9 Å². The van der Waals surface area contributed by atoms with E-state index in [4.69, 9.17) is 5.11 Å². The number of hydrogen-bond acceptors (Lipinski definition) is 3. The third kappa shape index (κ3) is 4.90. The summed E-state index contributed by atoms with van der Waals surface area (Å²) in [5, 5.41) is 9.01. The number of carboxylic acid groups (broad SMARTS) is 1. The number of rotatable bonds is 5. The number of piperidine rings is 1. The molecule has 1 N–H and O–H groups in total. The van der Waals surface area contributed by atoms with Gasteiger partial charge in [0, 0.05) is 38.0 Å². The molecule has 5 heteroatoms. The van der Waals surface area contributed by atoms with Crippen molar-refractivity contribution in [1.82, 2.24) is 9.80 Å². The van der Waals surface area contributed by atoms with Gasteiger partial charge in [0.05, 0.1) is 6.42 Å². The Kier molecular flexibility index (Phi) is 6.18. The van der Waals surface area contributed by atoms with Gasteiger partial charge >= 0.3 is 5.97 Å². The molecule has 2 heterocycles. The topological polar surface area (TPSA) is 60.9 Å². The van der Waals surface area contributed by atoms with Crippen LogP contribution < -0.4 is 0 Å². The lowest BCUT2D eigenvalue weighted by Crippen LogP contribution is -2.50. The Morgan fingerprint density at radius 3 is 2.43 bits per heavy atom. The van der Waals surface area contributed by atoms with Gasteiger partial charge in [-0.25, -0.2) is 0 Å². The number of amides is 1. The second kappa shape index (κ2) is 9.00. The van der Waals surface area contributed by atoms with Crippen molar-refractivity contribution in [1.29, 1.82) is 0 Å². The Balaban J connectivity index is 1.57. The zero-order valence-corrected chi connectivity index (χ0v) is 17.4. The molecule has 4 rings (SSSR count). The molecule has 2 aromatic rings. The Hall–Kier alpha value is -2.66. The predicted octanol–water partition coefficient (Wildman–Crippen LogP) is 3.72. The predicted molar refractivity (Wildman–Crippen MR) is 116 cm³/mol. The van der Waals surface area contributed by atoms with Crippen LogP contribution in [0, 0.1) is 5.41 Å². The molecule has 1 atom stereocenters. The first-order valence-electron chi connectivity index (χ1n) is 10.9. The van der Waals surface area contributed by atoms with Crippen LogP contribution in [0.15, 0.2) is 54.6 Å². The lowest BCUT2D eigenvalue weighted by molar-refractivity contribution is -0.141. The van der Waals surface area contributed by atoms with Crippen LogP contribution in [-0.4, -0.2) is 46.4 Å². The highest BCUT2D eigenvalue weighted by Gasteiger charge is 2.40. The number of carbonyl (C=O) groups excluding carboxylic acids is 1. The van der Waals surface area contributed by atoms with Crippen LogP contribution >= 0.6 is 0 Å². The Morgan fingerprint density at radius 1 is 0.933 bits per heavy atom. The van der Waals surface area contributed by atoms with Crippen molar-refractivity contribution in [3.8, 4) is 0 Å². The van der Waals surface area contributed by atoms with E-state index < -0.39 is 5.97 Å². The summed E-state index contributed by atoms with van der Waals surface area (Å²) in [7, 11) is 0. The molecule has 158 valence electrons. The first-order chi connectivity index (χ1) is 14.5. The van der Waals surface area contributed by atoms with E-state index in [1.54, 1.807) is 0 Å². The maximum atomic E-state index is 12.9. The first kappa shape index (κ1) is 20.6. The zero-order chi connectivity index (χ0) is 21.0. The summed E-state index contributed by atoms with van der Waals surface area (Å²) in [6, 6.07) is 19.0. The van der Waals surface area contributed by atoms with E-state index >= 15 is 0 Å². The fraction of sp³-hybridized carbons (Fsp3) is 0.440. The van der Waals surface area contributed by atoms with E-state index in [1.807, 2.05) is 17.0 Å². The molecular weight excluding hydrogens is 376 g/mol. The van der Waals surface area contributed by atoms with Crippen LogP contribution in [0.25, 0.3) is 0 Å². The molecule has 0 bridgehead atoms. The second-order valence-corrected chi connectivity index (χ2v) is 8.89. The molecule has 30 heavy (non-hydrogen) atoms. The molecule has 2 aliphatic rings. The standard InChI is InChI=1S/C25H30N2O3/c28-23(11-12-24(29)30)27-17-22-10-5-4-9-21(22)15-25(19-27)13-6-14-26(18-25)16-20-7-2-1-3-8-20/h1-5,7-10H,6,11-19H2,(H,29,30). The number of nitrogens with zero attached hydrogens (tertiary/aromatic N) is 2. The largest absolute Gasteiger partial charge is 0.481 e. The third-order valence-corrected chi connectivity index (χ3v) is 6.47. The van der Waals surface area contributed by atoms with Gasteiger partial charge in [-0.05, 0) is 42.5 Å². The van der Waals surface area contributed by atoms with Crippen LogP contribution in [-0.2, 0) is 29.1 Å². The van der Waals surface area contributed by atoms with E-state index in [-0.39, 0.29) is 24.2 Å². The number of carbonyl (C=O) groups is 2. The molecule has 1 spiro atoms. The molecule has 0 radical (unpaired) electrons. The van der Waals surface area contributed by atoms with E-state index in [9.17, 15) is 9.59 Å².